The van der Waals surface area contributed by atoms with Gasteiger partial charge in [0.1, 0.15) is 5.69 Å². The summed E-state index contributed by atoms with van der Waals surface area (Å²) in [6, 6.07) is 4.29. The van der Waals surface area contributed by atoms with E-state index in [0.717, 1.165) is 0 Å². The number of benzene rings is 1. The first-order valence-corrected chi connectivity index (χ1v) is 5.37. The molecule has 19 heavy (non-hydrogen) atoms. The Labute approximate surface area is 108 Å². The summed E-state index contributed by atoms with van der Waals surface area (Å²) in [5.41, 5.74) is 6.78. The molecule has 0 saturated carbocycles. The largest absolute Gasteiger partial charge is 0.364 e. The molecular formula is C12H10N4O3. The van der Waals surface area contributed by atoms with Crippen LogP contribution in [0, 0.1) is 17.0 Å². The molecule has 0 radical (unpaired) electrons. The molecule has 0 bridgehead atoms. The predicted molar refractivity (Wildman–Crippen MR) is 67.4 cm³/mol. The SMILES string of the molecule is Cc1cc([N+](=O)[O-])ccc1-c1nccnc1C(N)=O. The second-order valence-electron chi connectivity index (χ2n) is 3.87. The summed E-state index contributed by atoms with van der Waals surface area (Å²) in [5.74, 6) is -0.694. The number of aromatic nitrogens is 2. The topological polar surface area (TPSA) is 112 Å². The molecule has 1 aromatic heterocycles. The molecule has 0 aliphatic carbocycles. The molecular weight excluding hydrogens is 248 g/mol. The first-order valence-electron chi connectivity index (χ1n) is 5.37. The number of primary amides is 1. The van der Waals surface area contributed by atoms with Gasteiger partial charge in [-0.2, -0.15) is 0 Å². The smallest absolute Gasteiger partial charge is 0.269 e. The summed E-state index contributed by atoms with van der Waals surface area (Å²) >= 11 is 0. The molecule has 0 fully saturated rings. The van der Waals surface area contributed by atoms with E-state index in [0.29, 0.717) is 16.8 Å². The van der Waals surface area contributed by atoms with Crippen LogP contribution in [-0.4, -0.2) is 20.8 Å². The van der Waals surface area contributed by atoms with Crippen LogP contribution >= 0.6 is 0 Å². The van der Waals surface area contributed by atoms with E-state index < -0.39 is 10.8 Å². The molecule has 0 atom stereocenters. The number of hydrogen-bond acceptors (Lipinski definition) is 5. The minimum atomic E-state index is -0.694. The summed E-state index contributed by atoms with van der Waals surface area (Å²) in [7, 11) is 0. The van der Waals surface area contributed by atoms with Gasteiger partial charge in [-0.15, -0.1) is 0 Å². The predicted octanol–water partition coefficient (Wildman–Crippen LogP) is 1.46. The van der Waals surface area contributed by atoms with Crippen molar-refractivity contribution in [2.75, 3.05) is 0 Å². The standard InChI is InChI=1S/C12H10N4O3/c1-7-6-8(16(18)19)2-3-9(7)10-11(12(13)17)15-5-4-14-10/h2-6H,1H3,(H2,13,17). The van der Waals surface area contributed by atoms with Crippen LogP contribution in [-0.2, 0) is 0 Å². The van der Waals surface area contributed by atoms with Gasteiger partial charge in [-0.05, 0) is 18.6 Å². The highest BCUT2D eigenvalue weighted by atomic mass is 16.6. The van der Waals surface area contributed by atoms with Gasteiger partial charge in [0.25, 0.3) is 11.6 Å². The first-order chi connectivity index (χ1) is 9.00. The van der Waals surface area contributed by atoms with Gasteiger partial charge in [-0.25, -0.2) is 4.98 Å². The van der Waals surface area contributed by atoms with Crippen molar-refractivity contribution >= 4 is 11.6 Å². The van der Waals surface area contributed by atoms with Crippen molar-refractivity contribution in [2.45, 2.75) is 6.92 Å². The van der Waals surface area contributed by atoms with Crippen LogP contribution in [0.25, 0.3) is 11.3 Å². The maximum Gasteiger partial charge on any atom is 0.269 e. The fourth-order valence-corrected chi connectivity index (χ4v) is 1.74. The van der Waals surface area contributed by atoms with Gasteiger partial charge in [0.2, 0.25) is 0 Å². The molecule has 0 aliphatic rings. The third kappa shape index (κ3) is 2.39. The fraction of sp³-hybridized carbons (Fsp3) is 0.0833. The van der Waals surface area contributed by atoms with E-state index >= 15 is 0 Å². The molecule has 1 amide bonds. The van der Waals surface area contributed by atoms with Crippen molar-refractivity contribution in [1.82, 2.24) is 9.97 Å². The number of carbonyl (C=O) groups is 1. The Bertz CT molecular complexity index is 670. The maximum atomic E-state index is 11.3. The Kier molecular flexibility index (Phi) is 3.19. The average Bonchev–Trinajstić information content (AvgIpc) is 2.38. The van der Waals surface area contributed by atoms with Crippen LogP contribution in [0.3, 0.4) is 0 Å². The van der Waals surface area contributed by atoms with E-state index in [4.69, 9.17) is 5.73 Å². The van der Waals surface area contributed by atoms with Gasteiger partial charge in [-0.1, -0.05) is 0 Å². The second-order valence-corrected chi connectivity index (χ2v) is 3.87. The Morgan fingerprint density at radius 2 is 2.00 bits per heavy atom. The lowest BCUT2D eigenvalue weighted by molar-refractivity contribution is -0.384. The average molecular weight is 258 g/mol. The molecule has 0 unspecified atom stereocenters. The van der Waals surface area contributed by atoms with Crippen LogP contribution in [0.1, 0.15) is 16.1 Å². The summed E-state index contributed by atoms with van der Waals surface area (Å²) in [5, 5.41) is 10.7. The summed E-state index contributed by atoms with van der Waals surface area (Å²) < 4.78 is 0. The number of nitro benzene ring substituents is 1. The van der Waals surface area contributed by atoms with Gasteiger partial charge < -0.3 is 5.73 Å². The normalized spacial score (nSPS) is 10.2. The number of non-ortho nitro benzene ring substituents is 1. The van der Waals surface area contributed by atoms with Crippen molar-refractivity contribution in [3.8, 4) is 11.3 Å². The van der Waals surface area contributed by atoms with Crippen LogP contribution in [0.5, 0.6) is 0 Å². The van der Waals surface area contributed by atoms with Crippen LogP contribution in [0.15, 0.2) is 30.6 Å². The number of rotatable bonds is 3. The third-order valence-electron chi connectivity index (χ3n) is 2.61. The Morgan fingerprint density at radius 1 is 1.32 bits per heavy atom. The zero-order valence-electron chi connectivity index (χ0n) is 10.0. The van der Waals surface area contributed by atoms with Crippen LogP contribution in [0.4, 0.5) is 5.69 Å². The highest BCUT2D eigenvalue weighted by Crippen LogP contribution is 2.26. The Morgan fingerprint density at radius 3 is 2.58 bits per heavy atom. The quantitative estimate of drug-likeness (QED) is 0.661. The monoisotopic (exact) mass is 258 g/mol. The minimum absolute atomic E-state index is 0.0224. The molecule has 1 heterocycles. The highest BCUT2D eigenvalue weighted by Gasteiger charge is 2.16. The van der Waals surface area contributed by atoms with Gasteiger partial charge in [0, 0.05) is 30.1 Å². The zero-order chi connectivity index (χ0) is 14.0. The number of hydrogen-bond donors (Lipinski definition) is 1. The molecule has 1 aromatic carbocycles. The number of nitro groups is 1. The van der Waals surface area contributed by atoms with Gasteiger partial charge in [0.15, 0.2) is 5.69 Å². The summed E-state index contributed by atoms with van der Waals surface area (Å²) in [6.07, 6.45) is 2.80. The fourth-order valence-electron chi connectivity index (χ4n) is 1.74. The van der Waals surface area contributed by atoms with Crippen molar-refractivity contribution in [1.29, 1.82) is 0 Å². The third-order valence-corrected chi connectivity index (χ3v) is 2.61. The number of aryl methyl sites for hydroxylation is 1. The van der Waals surface area contributed by atoms with E-state index in [1.807, 2.05) is 0 Å². The first kappa shape index (κ1) is 12.6. The van der Waals surface area contributed by atoms with Crippen LogP contribution < -0.4 is 5.73 Å². The lowest BCUT2D eigenvalue weighted by atomic mass is 10.0. The highest BCUT2D eigenvalue weighted by molar-refractivity contribution is 5.97. The number of amides is 1. The molecule has 0 saturated heterocycles. The van der Waals surface area contributed by atoms with Crippen molar-refractivity contribution in [2.24, 2.45) is 5.73 Å². The molecule has 0 aliphatic heterocycles. The van der Waals surface area contributed by atoms with E-state index in [2.05, 4.69) is 9.97 Å². The maximum absolute atomic E-state index is 11.3. The van der Waals surface area contributed by atoms with E-state index in [9.17, 15) is 14.9 Å². The van der Waals surface area contributed by atoms with Crippen LogP contribution in [0.2, 0.25) is 0 Å². The van der Waals surface area contributed by atoms with Gasteiger partial charge in [0.05, 0.1) is 4.92 Å². The number of carbonyl (C=O) groups excluding carboxylic acids is 1. The van der Waals surface area contributed by atoms with Crippen molar-refractivity contribution < 1.29 is 9.72 Å². The molecule has 96 valence electrons. The molecule has 2 N–H and O–H groups in total. The van der Waals surface area contributed by atoms with E-state index in [1.54, 1.807) is 6.92 Å². The van der Waals surface area contributed by atoms with Gasteiger partial charge in [-0.3, -0.25) is 19.9 Å². The van der Waals surface area contributed by atoms with E-state index in [1.165, 1.54) is 30.6 Å². The minimum Gasteiger partial charge on any atom is -0.364 e. The summed E-state index contributed by atoms with van der Waals surface area (Å²) in [6.45, 7) is 1.70. The molecule has 0 spiro atoms. The molecule has 2 rings (SSSR count). The Balaban J connectivity index is 2.60. The lowest BCUT2D eigenvalue weighted by Gasteiger charge is -2.07. The number of nitrogens with two attached hydrogens (primary N) is 1. The molecule has 2 aromatic rings. The number of nitrogens with zero attached hydrogens (tertiary/aromatic N) is 3. The summed E-state index contributed by atoms with van der Waals surface area (Å²) in [4.78, 5) is 29.4. The van der Waals surface area contributed by atoms with Crippen molar-refractivity contribution in [3.05, 3.63) is 52.0 Å². The Hall–Kier alpha value is -2.83. The lowest BCUT2D eigenvalue weighted by Crippen LogP contribution is -2.15. The molecule has 7 heteroatoms. The zero-order valence-corrected chi connectivity index (χ0v) is 10.0. The van der Waals surface area contributed by atoms with Crippen molar-refractivity contribution in [3.63, 3.8) is 0 Å². The molecule has 7 nitrogen and oxygen atoms in total. The van der Waals surface area contributed by atoms with E-state index in [-0.39, 0.29) is 11.4 Å². The second kappa shape index (κ2) is 4.81. The van der Waals surface area contributed by atoms with Gasteiger partial charge >= 0.3 is 0 Å².